The van der Waals surface area contributed by atoms with Crippen LogP contribution in [0.5, 0.6) is 0 Å². The van der Waals surface area contributed by atoms with Crippen LogP contribution in [-0.4, -0.2) is 55.4 Å². The molecule has 0 aliphatic heterocycles. The van der Waals surface area contributed by atoms with Gasteiger partial charge in [-0.15, -0.1) is 6.58 Å². The Labute approximate surface area is 94.9 Å². The summed E-state index contributed by atoms with van der Waals surface area (Å²) in [6, 6.07) is -0.207. The minimum atomic E-state index is -0.894. The third-order valence-corrected chi connectivity index (χ3v) is 1.73. The van der Waals surface area contributed by atoms with Crippen LogP contribution in [0.1, 0.15) is 6.42 Å². The van der Waals surface area contributed by atoms with Crippen LogP contribution >= 0.6 is 0 Å². The lowest BCUT2D eigenvalue weighted by molar-refractivity contribution is -0.138. The van der Waals surface area contributed by atoms with Crippen molar-refractivity contribution < 1.29 is 19.4 Å². The molecule has 0 aromatic rings. The maximum Gasteiger partial charge on any atom is 0.317 e. The summed E-state index contributed by atoms with van der Waals surface area (Å²) in [5, 5.41) is 10.9. The van der Waals surface area contributed by atoms with E-state index in [9.17, 15) is 9.59 Å². The van der Waals surface area contributed by atoms with Crippen molar-refractivity contribution in [2.75, 3.05) is 33.4 Å². The number of aliphatic carboxylic acids is 1. The topological polar surface area (TPSA) is 78.9 Å². The quantitative estimate of drug-likeness (QED) is 0.464. The molecule has 0 atom stereocenters. The largest absolute Gasteiger partial charge is 0.481 e. The normalized spacial score (nSPS) is 9.56. The van der Waals surface area contributed by atoms with Crippen LogP contribution in [0.15, 0.2) is 12.7 Å². The first-order chi connectivity index (χ1) is 7.57. The maximum atomic E-state index is 11.3. The Morgan fingerprint density at radius 2 is 2.19 bits per heavy atom. The second-order valence-corrected chi connectivity index (χ2v) is 3.16. The van der Waals surface area contributed by atoms with Gasteiger partial charge >= 0.3 is 12.0 Å². The number of urea groups is 1. The summed E-state index contributed by atoms with van der Waals surface area (Å²) in [7, 11) is 1.66. The van der Waals surface area contributed by atoms with E-state index in [1.54, 1.807) is 13.1 Å². The third-order valence-electron chi connectivity index (χ3n) is 1.73. The number of likely N-dealkylation sites (N-methyl/N-ethyl adjacent to an activating group) is 1. The Morgan fingerprint density at radius 3 is 2.75 bits per heavy atom. The molecule has 0 spiro atoms. The molecule has 0 bridgehead atoms. The number of carboxylic acids is 1. The molecule has 0 saturated heterocycles. The van der Waals surface area contributed by atoms with Crippen LogP contribution < -0.4 is 5.32 Å². The van der Waals surface area contributed by atoms with Crippen molar-refractivity contribution >= 4 is 12.0 Å². The molecule has 6 nitrogen and oxygen atoms in total. The van der Waals surface area contributed by atoms with Crippen molar-refractivity contribution in [3.8, 4) is 0 Å². The molecule has 6 heteroatoms. The summed E-state index contributed by atoms with van der Waals surface area (Å²) in [5.41, 5.74) is 0. The molecule has 0 fully saturated rings. The van der Waals surface area contributed by atoms with Crippen molar-refractivity contribution in [2.45, 2.75) is 6.42 Å². The second kappa shape index (κ2) is 8.72. The van der Waals surface area contributed by atoms with Gasteiger partial charge in [0.25, 0.3) is 0 Å². The average Bonchev–Trinajstić information content (AvgIpc) is 2.22. The van der Waals surface area contributed by atoms with E-state index in [-0.39, 0.29) is 19.1 Å². The van der Waals surface area contributed by atoms with E-state index in [4.69, 9.17) is 9.84 Å². The number of ether oxygens (including phenoxy) is 1. The number of rotatable bonds is 8. The highest BCUT2D eigenvalue weighted by Crippen LogP contribution is 1.85. The van der Waals surface area contributed by atoms with E-state index in [0.29, 0.717) is 19.7 Å². The molecule has 16 heavy (non-hydrogen) atoms. The molecule has 2 amide bonds. The Bertz CT molecular complexity index is 243. The van der Waals surface area contributed by atoms with Crippen molar-refractivity contribution in [3.63, 3.8) is 0 Å². The van der Waals surface area contributed by atoms with Gasteiger partial charge in [-0.1, -0.05) is 6.08 Å². The highest BCUT2D eigenvalue weighted by atomic mass is 16.5. The van der Waals surface area contributed by atoms with Crippen LogP contribution in [0.4, 0.5) is 4.79 Å². The van der Waals surface area contributed by atoms with Gasteiger partial charge in [-0.3, -0.25) is 4.79 Å². The van der Waals surface area contributed by atoms with Gasteiger partial charge in [0.1, 0.15) is 0 Å². The molecular weight excluding hydrogens is 212 g/mol. The number of carbonyl (C=O) groups excluding carboxylic acids is 1. The zero-order chi connectivity index (χ0) is 12.4. The maximum absolute atomic E-state index is 11.3. The van der Waals surface area contributed by atoms with Gasteiger partial charge in [0.05, 0.1) is 19.6 Å². The zero-order valence-electron chi connectivity index (χ0n) is 9.44. The van der Waals surface area contributed by atoms with E-state index < -0.39 is 5.97 Å². The number of nitrogens with zero attached hydrogens (tertiary/aromatic N) is 1. The summed E-state index contributed by atoms with van der Waals surface area (Å²) in [6.07, 6.45) is 1.60. The average molecular weight is 230 g/mol. The molecule has 0 aromatic heterocycles. The zero-order valence-corrected chi connectivity index (χ0v) is 9.44. The fraction of sp³-hybridized carbons (Fsp3) is 0.600. The Hall–Kier alpha value is -1.56. The molecule has 0 heterocycles. The van der Waals surface area contributed by atoms with Gasteiger partial charge in [-0.05, 0) is 0 Å². The fourth-order valence-corrected chi connectivity index (χ4v) is 0.903. The summed E-state index contributed by atoms with van der Waals surface area (Å²) in [6.45, 7) is 4.82. The molecular formula is C10H18N2O4. The van der Waals surface area contributed by atoms with E-state index >= 15 is 0 Å². The lowest BCUT2D eigenvalue weighted by Crippen LogP contribution is -2.38. The monoisotopic (exact) mass is 230 g/mol. The van der Waals surface area contributed by atoms with E-state index in [1.165, 1.54) is 4.90 Å². The van der Waals surface area contributed by atoms with E-state index in [1.807, 2.05) is 0 Å². The molecule has 0 rings (SSSR count). The SMILES string of the molecule is C=CCN(C)C(=O)NCCOCCC(=O)O. The van der Waals surface area contributed by atoms with Crippen LogP contribution in [0, 0.1) is 0 Å². The summed E-state index contributed by atoms with van der Waals surface area (Å²) >= 11 is 0. The highest BCUT2D eigenvalue weighted by molar-refractivity contribution is 5.73. The number of hydrogen-bond donors (Lipinski definition) is 2. The van der Waals surface area contributed by atoms with Gasteiger partial charge in [0, 0.05) is 20.1 Å². The molecule has 0 aromatic carbocycles. The van der Waals surface area contributed by atoms with Crippen LogP contribution in [0.3, 0.4) is 0 Å². The number of carbonyl (C=O) groups is 2. The molecule has 0 aliphatic rings. The van der Waals surface area contributed by atoms with Crippen LogP contribution in [0.2, 0.25) is 0 Å². The van der Waals surface area contributed by atoms with Crippen molar-refractivity contribution in [1.29, 1.82) is 0 Å². The third kappa shape index (κ3) is 7.81. The predicted molar refractivity (Wildman–Crippen MR) is 59.3 cm³/mol. The molecule has 0 aliphatic carbocycles. The second-order valence-electron chi connectivity index (χ2n) is 3.16. The minimum Gasteiger partial charge on any atom is -0.481 e. The summed E-state index contributed by atoms with van der Waals surface area (Å²) < 4.78 is 5.00. The fourth-order valence-electron chi connectivity index (χ4n) is 0.903. The van der Waals surface area contributed by atoms with Crippen LogP contribution in [0.25, 0.3) is 0 Å². The molecule has 92 valence electrons. The van der Waals surface area contributed by atoms with Gasteiger partial charge in [0.2, 0.25) is 0 Å². The molecule has 0 saturated carbocycles. The number of amides is 2. The van der Waals surface area contributed by atoms with Crippen molar-refractivity contribution in [2.24, 2.45) is 0 Å². The first-order valence-electron chi connectivity index (χ1n) is 4.97. The molecule has 2 N–H and O–H groups in total. The Balaban J connectivity index is 3.40. The number of nitrogens with one attached hydrogen (secondary N) is 1. The Kier molecular flexibility index (Phi) is 7.87. The number of carboxylic acid groups (broad SMARTS) is 1. The minimum absolute atomic E-state index is 0.0235. The van der Waals surface area contributed by atoms with E-state index in [0.717, 1.165) is 0 Å². The summed E-state index contributed by atoms with van der Waals surface area (Å²) in [5.74, 6) is -0.894. The predicted octanol–water partition coefficient (Wildman–Crippen LogP) is 0.305. The lowest BCUT2D eigenvalue weighted by atomic mass is 10.5. The standard InChI is InChI=1S/C10H18N2O4/c1-3-6-12(2)10(15)11-5-8-16-7-4-9(13)14/h3H,1,4-8H2,2H3,(H,11,15)(H,13,14). The van der Waals surface area contributed by atoms with Gasteiger partial charge in [-0.25, -0.2) is 4.79 Å². The number of hydrogen-bond acceptors (Lipinski definition) is 3. The smallest absolute Gasteiger partial charge is 0.317 e. The van der Waals surface area contributed by atoms with Gasteiger partial charge < -0.3 is 20.1 Å². The molecule has 0 unspecified atom stereocenters. The summed E-state index contributed by atoms with van der Waals surface area (Å²) in [4.78, 5) is 22.9. The first kappa shape index (κ1) is 14.4. The Morgan fingerprint density at radius 1 is 1.50 bits per heavy atom. The molecule has 0 radical (unpaired) electrons. The first-order valence-corrected chi connectivity index (χ1v) is 4.97. The van der Waals surface area contributed by atoms with Gasteiger partial charge in [-0.2, -0.15) is 0 Å². The van der Waals surface area contributed by atoms with E-state index in [2.05, 4.69) is 11.9 Å². The van der Waals surface area contributed by atoms with Crippen molar-refractivity contribution in [3.05, 3.63) is 12.7 Å². The van der Waals surface area contributed by atoms with Crippen LogP contribution in [-0.2, 0) is 9.53 Å². The van der Waals surface area contributed by atoms with Crippen molar-refractivity contribution in [1.82, 2.24) is 10.2 Å². The van der Waals surface area contributed by atoms with Gasteiger partial charge in [0.15, 0.2) is 0 Å². The lowest BCUT2D eigenvalue weighted by Gasteiger charge is -2.15. The highest BCUT2D eigenvalue weighted by Gasteiger charge is 2.04.